The van der Waals surface area contributed by atoms with Gasteiger partial charge in [-0.15, -0.1) is 0 Å². The normalized spacial score (nSPS) is 12.8. The Morgan fingerprint density at radius 2 is 2.31 bits per heavy atom. The number of carboxylic acid groups (broad SMARTS) is 1. The maximum absolute atomic E-state index is 10.4. The summed E-state index contributed by atoms with van der Waals surface area (Å²) in [4.78, 5) is 18.3. The number of oxime groups is 1. The molecule has 0 radical (unpaired) electrons. The lowest BCUT2D eigenvalue weighted by Gasteiger charge is -1.96. The number of hydrogen-bond donors (Lipinski definition) is 2. The van der Waals surface area contributed by atoms with Gasteiger partial charge in [0, 0.05) is 0 Å². The summed E-state index contributed by atoms with van der Waals surface area (Å²) in [7, 11) is 1.24. The number of aliphatic carboxylic acids is 1. The molecule has 0 atom stereocenters. The van der Waals surface area contributed by atoms with Gasteiger partial charge >= 0.3 is 5.97 Å². The van der Waals surface area contributed by atoms with Gasteiger partial charge in [0.2, 0.25) is 0 Å². The Labute approximate surface area is 79.8 Å². The van der Waals surface area contributed by atoms with Crippen LogP contribution in [0.4, 0.5) is 0 Å². The van der Waals surface area contributed by atoms with Gasteiger partial charge in [-0.1, -0.05) is 23.8 Å². The summed E-state index contributed by atoms with van der Waals surface area (Å²) in [6.45, 7) is 1.88. The highest BCUT2D eigenvalue weighted by Gasteiger charge is 2.09. The molecule has 6 nitrogen and oxygen atoms in total. The summed E-state index contributed by atoms with van der Waals surface area (Å²) >= 11 is 1.23. The first kappa shape index (κ1) is 11.8. The number of hydrogen-bond acceptors (Lipinski definition) is 4. The van der Waals surface area contributed by atoms with Crippen molar-refractivity contribution in [2.75, 3.05) is 12.9 Å². The highest BCUT2D eigenvalue weighted by atomic mass is 32.2. The van der Waals surface area contributed by atoms with Gasteiger partial charge in [-0.2, -0.15) is 4.99 Å². The fourth-order valence-electron chi connectivity index (χ4n) is 0.478. The van der Waals surface area contributed by atoms with Crippen molar-refractivity contribution >= 4 is 28.7 Å². The van der Waals surface area contributed by atoms with Gasteiger partial charge in [-0.05, 0) is 5.75 Å². The van der Waals surface area contributed by atoms with Crippen LogP contribution in [0.2, 0.25) is 0 Å². The largest absolute Gasteiger partial charge is 0.475 e. The van der Waals surface area contributed by atoms with Gasteiger partial charge in [0.05, 0.1) is 0 Å². The highest BCUT2D eigenvalue weighted by molar-refractivity contribution is 8.13. The molecule has 13 heavy (non-hydrogen) atoms. The zero-order chi connectivity index (χ0) is 10.3. The summed E-state index contributed by atoms with van der Waals surface area (Å²) in [5.74, 6) is -1.02. The molecule has 74 valence electrons. The summed E-state index contributed by atoms with van der Waals surface area (Å²) in [6.07, 6.45) is 0. The predicted molar refractivity (Wildman–Crippen MR) is 51.8 cm³/mol. The van der Waals surface area contributed by atoms with Gasteiger partial charge in [-0.3, -0.25) is 0 Å². The van der Waals surface area contributed by atoms with E-state index in [4.69, 9.17) is 10.8 Å². The lowest BCUT2D eigenvalue weighted by atomic mass is 10.6. The molecule has 3 N–H and O–H groups in total. The van der Waals surface area contributed by atoms with E-state index in [-0.39, 0.29) is 5.17 Å². The van der Waals surface area contributed by atoms with Gasteiger partial charge < -0.3 is 15.7 Å². The Morgan fingerprint density at radius 1 is 1.69 bits per heavy atom. The number of thioether (sulfide) groups is 1. The smallest absolute Gasteiger partial charge is 0.377 e. The lowest BCUT2D eigenvalue weighted by molar-refractivity contribution is -0.129. The highest BCUT2D eigenvalue weighted by Crippen LogP contribution is 1.98. The van der Waals surface area contributed by atoms with Crippen molar-refractivity contribution in [1.29, 1.82) is 0 Å². The average molecular weight is 205 g/mol. The Morgan fingerprint density at radius 3 is 2.69 bits per heavy atom. The van der Waals surface area contributed by atoms with Crippen molar-refractivity contribution < 1.29 is 14.7 Å². The number of carbonyl (C=O) groups is 1. The number of amidine groups is 2. The molecule has 0 amide bonds. The SMILES string of the molecule is CCSC(N)=N/C(=N/OC)C(=O)O. The van der Waals surface area contributed by atoms with Gasteiger partial charge in [0.1, 0.15) is 7.11 Å². The van der Waals surface area contributed by atoms with Crippen LogP contribution in [0.15, 0.2) is 10.1 Å². The minimum absolute atomic E-state index is 0.153. The molecule has 0 bridgehead atoms. The molecule has 0 heterocycles. The molecule has 0 aliphatic rings. The third-order valence-corrected chi connectivity index (χ3v) is 1.55. The third kappa shape index (κ3) is 5.07. The maximum Gasteiger partial charge on any atom is 0.377 e. The van der Waals surface area contributed by atoms with Crippen molar-refractivity contribution in [1.82, 2.24) is 0 Å². The number of carboxylic acids is 1. The van der Waals surface area contributed by atoms with Crippen molar-refractivity contribution in [3.05, 3.63) is 0 Å². The molecular formula is C6H11N3O3S. The number of rotatable bonds is 2. The molecule has 0 aromatic heterocycles. The summed E-state index contributed by atoms with van der Waals surface area (Å²) in [5.41, 5.74) is 5.37. The van der Waals surface area contributed by atoms with E-state index in [9.17, 15) is 4.79 Å². The van der Waals surface area contributed by atoms with Gasteiger partial charge in [0.25, 0.3) is 5.84 Å². The van der Waals surface area contributed by atoms with Crippen LogP contribution in [0.3, 0.4) is 0 Å². The first-order chi connectivity index (χ1) is 6.11. The van der Waals surface area contributed by atoms with Crippen LogP contribution in [-0.4, -0.2) is 34.9 Å². The molecule has 0 aromatic rings. The first-order valence-corrected chi connectivity index (χ1v) is 4.41. The summed E-state index contributed by atoms with van der Waals surface area (Å²) < 4.78 is 0. The number of aliphatic imine (C=N–C) groups is 1. The Bertz CT molecular complexity index is 239. The van der Waals surface area contributed by atoms with Crippen molar-refractivity contribution in [3.63, 3.8) is 0 Å². The first-order valence-electron chi connectivity index (χ1n) is 3.43. The standard InChI is InChI=1S/C6H11N3O3S/c1-3-13-6(7)8-4(5(10)11)9-12-2/h3H2,1-2H3,(H,10,11)(H2,7,8,9). The topological polar surface area (TPSA) is 97.3 Å². The average Bonchev–Trinajstić information content (AvgIpc) is 2.04. The van der Waals surface area contributed by atoms with E-state index in [2.05, 4.69) is 15.0 Å². The monoisotopic (exact) mass is 205 g/mol. The minimum atomic E-state index is -1.28. The zero-order valence-electron chi connectivity index (χ0n) is 7.35. The number of nitrogens with two attached hydrogens (primary N) is 1. The van der Waals surface area contributed by atoms with E-state index in [1.54, 1.807) is 0 Å². The van der Waals surface area contributed by atoms with Gasteiger partial charge in [-0.25, -0.2) is 4.79 Å². The fraction of sp³-hybridized carbons (Fsp3) is 0.500. The quantitative estimate of drug-likeness (QED) is 0.378. The van der Waals surface area contributed by atoms with E-state index in [1.807, 2.05) is 6.92 Å². The summed E-state index contributed by atoms with van der Waals surface area (Å²) in [5, 5.41) is 11.9. The number of nitrogens with zero attached hydrogens (tertiary/aromatic N) is 2. The molecule has 0 saturated heterocycles. The molecule has 0 aliphatic heterocycles. The van der Waals surface area contributed by atoms with Crippen LogP contribution in [0.25, 0.3) is 0 Å². The molecule has 0 spiro atoms. The van der Waals surface area contributed by atoms with Crippen LogP contribution in [-0.2, 0) is 9.63 Å². The fourth-order valence-corrected chi connectivity index (χ4v) is 0.925. The molecule has 0 unspecified atom stereocenters. The van der Waals surface area contributed by atoms with Crippen LogP contribution in [0, 0.1) is 0 Å². The molecule has 0 aromatic carbocycles. The van der Waals surface area contributed by atoms with Crippen LogP contribution < -0.4 is 5.73 Å². The van der Waals surface area contributed by atoms with Gasteiger partial charge in [0.15, 0.2) is 5.17 Å². The lowest BCUT2D eigenvalue weighted by Crippen LogP contribution is -2.16. The molecular weight excluding hydrogens is 194 g/mol. The predicted octanol–water partition coefficient (Wildman–Crippen LogP) is 0.0987. The van der Waals surface area contributed by atoms with Crippen LogP contribution in [0.5, 0.6) is 0 Å². The third-order valence-electron chi connectivity index (χ3n) is 0.877. The van der Waals surface area contributed by atoms with E-state index >= 15 is 0 Å². The Kier molecular flexibility index (Phi) is 5.69. The van der Waals surface area contributed by atoms with E-state index in [0.717, 1.165) is 5.75 Å². The molecule has 0 saturated carbocycles. The summed E-state index contributed by atoms with van der Waals surface area (Å²) in [6, 6.07) is 0. The second-order valence-corrected chi connectivity index (χ2v) is 3.07. The molecule has 7 heteroatoms. The molecule has 0 aliphatic carbocycles. The van der Waals surface area contributed by atoms with E-state index in [0.29, 0.717) is 0 Å². The molecule has 0 fully saturated rings. The van der Waals surface area contributed by atoms with Crippen molar-refractivity contribution in [3.8, 4) is 0 Å². The van der Waals surface area contributed by atoms with E-state index in [1.165, 1.54) is 18.9 Å². The van der Waals surface area contributed by atoms with Crippen molar-refractivity contribution in [2.24, 2.45) is 15.9 Å². The van der Waals surface area contributed by atoms with Crippen LogP contribution >= 0.6 is 11.8 Å². The van der Waals surface area contributed by atoms with Crippen LogP contribution in [0.1, 0.15) is 6.92 Å². The Balaban J connectivity index is 4.50. The van der Waals surface area contributed by atoms with Crippen molar-refractivity contribution in [2.45, 2.75) is 6.92 Å². The molecule has 0 rings (SSSR count). The van der Waals surface area contributed by atoms with E-state index < -0.39 is 11.8 Å². The second-order valence-electron chi connectivity index (χ2n) is 1.79. The second kappa shape index (κ2) is 6.30. The Hall–Kier alpha value is -1.24. The zero-order valence-corrected chi connectivity index (χ0v) is 8.17. The maximum atomic E-state index is 10.4. The minimum Gasteiger partial charge on any atom is -0.475 e.